The van der Waals surface area contributed by atoms with Crippen LogP contribution < -0.4 is 15.2 Å². The molecule has 0 saturated heterocycles. The fourth-order valence-electron chi connectivity index (χ4n) is 2.91. The summed E-state index contributed by atoms with van der Waals surface area (Å²) in [6.07, 6.45) is 2.61. The average molecular weight is 348 g/mol. The quantitative estimate of drug-likeness (QED) is 0.669. The van der Waals surface area contributed by atoms with Crippen molar-refractivity contribution in [2.75, 3.05) is 13.7 Å². The minimum absolute atomic E-state index is 0.173. The molecule has 134 valence electrons. The highest BCUT2D eigenvalue weighted by Gasteiger charge is 2.14. The Hall–Kier alpha value is -2.85. The van der Waals surface area contributed by atoms with Gasteiger partial charge in [-0.15, -0.1) is 0 Å². The minimum atomic E-state index is 0.173. The van der Waals surface area contributed by atoms with Crippen LogP contribution >= 0.6 is 0 Å². The second kappa shape index (κ2) is 9.02. The number of nitrogens with two attached hydrogens (primary N) is 1. The van der Waals surface area contributed by atoms with Gasteiger partial charge in [0.05, 0.1) is 7.11 Å². The van der Waals surface area contributed by atoms with E-state index < -0.39 is 0 Å². The van der Waals surface area contributed by atoms with Crippen LogP contribution in [-0.4, -0.2) is 18.6 Å². The number of methoxy groups -OCH3 is 1. The van der Waals surface area contributed by atoms with E-state index >= 15 is 0 Å². The highest BCUT2D eigenvalue weighted by Crippen LogP contribution is 2.30. The molecule has 0 fully saturated rings. The molecule has 4 nitrogen and oxygen atoms in total. The summed E-state index contributed by atoms with van der Waals surface area (Å²) in [5.74, 6) is 1.64. The molecule has 0 aliphatic carbocycles. The molecule has 3 rings (SSSR count). The molecule has 0 radical (unpaired) electrons. The summed E-state index contributed by atoms with van der Waals surface area (Å²) in [4.78, 5) is 4.44. The molecule has 1 heterocycles. The molecule has 0 aliphatic rings. The van der Waals surface area contributed by atoms with Crippen LogP contribution in [0.15, 0.2) is 72.9 Å². The summed E-state index contributed by atoms with van der Waals surface area (Å²) >= 11 is 0. The van der Waals surface area contributed by atoms with E-state index in [0.29, 0.717) is 13.2 Å². The molecule has 4 heteroatoms. The van der Waals surface area contributed by atoms with Crippen molar-refractivity contribution in [3.8, 4) is 11.5 Å². The van der Waals surface area contributed by atoms with Crippen molar-refractivity contribution in [1.82, 2.24) is 4.98 Å². The summed E-state index contributed by atoms with van der Waals surface area (Å²) in [6.45, 7) is 1.05. The normalized spacial score (nSPS) is 11.8. The Balaban J connectivity index is 1.76. The van der Waals surface area contributed by atoms with Crippen LogP contribution in [-0.2, 0) is 13.0 Å². The van der Waals surface area contributed by atoms with E-state index in [1.165, 1.54) is 0 Å². The van der Waals surface area contributed by atoms with E-state index in [2.05, 4.69) is 11.1 Å². The fourth-order valence-corrected chi connectivity index (χ4v) is 2.91. The predicted molar refractivity (Wildman–Crippen MR) is 104 cm³/mol. The molecule has 1 unspecified atom stereocenters. The Morgan fingerprint density at radius 2 is 1.73 bits per heavy atom. The summed E-state index contributed by atoms with van der Waals surface area (Å²) in [5.41, 5.74) is 9.26. The lowest BCUT2D eigenvalue weighted by atomic mass is 9.95. The van der Waals surface area contributed by atoms with Gasteiger partial charge in [-0.05, 0) is 41.8 Å². The molecule has 0 aliphatic heterocycles. The third-order valence-electron chi connectivity index (χ3n) is 4.34. The van der Waals surface area contributed by atoms with Gasteiger partial charge >= 0.3 is 0 Å². The van der Waals surface area contributed by atoms with Gasteiger partial charge in [0, 0.05) is 24.4 Å². The lowest BCUT2D eigenvalue weighted by Gasteiger charge is -2.16. The fraction of sp³-hybridized carbons (Fsp3) is 0.227. The second-order valence-corrected chi connectivity index (χ2v) is 6.15. The molecule has 0 bridgehead atoms. The van der Waals surface area contributed by atoms with Crippen LogP contribution in [0.25, 0.3) is 0 Å². The van der Waals surface area contributed by atoms with E-state index in [9.17, 15) is 0 Å². The number of ether oxygens (including phenoxy) is 2. The molecule has 0 saturated carbocycles. The zero-order valence-corrected chi connectivity index (χ0v) is 15.0. The minimum Gasteiger partial charge on any atom is -0.493 e. The van der Waals surface area contributed by atoms with Gasteiger partial charge in [0.1, 0.15) is 6.61 Å². The van der Waals surface area contributed by atoms with Crippen LogP contribution in [0.3, 0.4) is 0 Å². The van der Waals surface area contributed by atoms with Crippen molar-refractivity contribution in [2.24, 2.45) is 5.73 Å². The standard InChI is InChI=1S/C22H24N2O2/c1-25-21-11-10-18(13-19(15-23)20-9-5-6-12-24-20)14-22(21)26-16-17-7-3-2-4-8-17/h2-12,14,19H,13,15-16,23H2,1H3. The number of benzene rings is 2. The van der Waals surface area contributed by atoms with Crippen molar-refractivity contribution >= 4 is 0 Å². The lowest BCUT2D eigenvalue weighted by Crippen LogP contribution is -2.16. The van der Waals surface area contributed by atoms with E-state index in [1.54, 1.807) is 13.3 Å². The Bertz CT molecular complexity index is 807. The molecule has 3 aromatic rings. The van der Waals surface area contributed by atoms with Gasteiger partial charge in [-0.3, -0.25) is 4.98 Å². The SMILES string of the molecule is COc1ccc(CC(CN)c2ccccn2)cc1OCc1ccccc1. The molecule has 0 amide bonds. The zero-order valence-electron chi connectivity index (χ0n) is 15.0. The third-order valence-corrected chi connectivity index (χ3v) is 4.34. The van der Waals surface area contributed by atoms with E-state index in [-0.39, 0.29) is 5.92 Å². The van der Waals surface area contributed by atoms with Crippen LogP contribution in [0.1, 0.15) is 22.7 Å². The largest absolute Gasteiger partial charge is 0.493 e. The first-order valence-electron chi connectivity index (χ1n) is 8.74. The van der Waals surface area contributed by atoms with Crippen molar-refractivity contribution in [3.63, 3.8) is 0 Å². The maximum absolute atomic E-state index is 6.00. The molecule has 1 atom stereocenters. The van der Waals surface area contributed by atoms with E-state index in [1.807, 2.05) is 60.7 Å². The van der Waals surface area contributed by atoms with Gasteiger partial charge in [0.25, 0.3) is 0 Å². The van der Waals surface area contributed by atoms with Crippen molar-refractivity contribution in [3.05, 3.63) is 89.7 Å². The van der Waals surface area contributed by atoms with Gasteiger partial charge in [0.2, 0.25) is 0 Å². The molecular weight excluding hydrogens is 324 g/mol. The number of nitrogens with zero attached hydrogens (tertiary/aromatic N) is 1. The average Bonchev–Trinajstić information content (AvgIpc) is 2.72. The molecule has 2 aromatic carbocycles. The first-order valence-corrected chi connectivity index (χ1v) is 8.74. The zero-order chi connectivity index (χ0) is 18.2. The third kappa shape index (κ3) is 4.61. The first kappa shape index (κ1) is 18.0. The van der Waals surface area contributed by atoms with Gasteiger partial charge in [-0.25, -0.2) is 0 Å². The second-order valence-electron chi connectivity index (χ2n) is 6.15. The maximum atomic E-state index is 6.00. The topological polar surface area (TPSA) is 57.4 Å². The van der Waals surface area contributed by atoms with Crippen LogP contribution in [0.5, 0.6) is 11.5 Å². The number of hydrogen-bond donors (Lipinski definition) is 1. The summed E-state index contributed by atoms with van der Waals surface area (Å²) < 4.78 is 11.4. The monoisotopic (exact) mass is 348 g/mol. The number of pyridine rings is 1. The van der Waals surface area contributed by atoms with Gasteiger partial charge in [0.15, 0.2) is 11.5 Å². The highest BCUT2D eigenvalue weighted by molar-refractivity contribution is 5.43. The summed E-state index contributed by atoms with van der Waals surface area (Å²) in [6, 6.07) is 22.1. The van der Waals surface area contributed by atoms with Crippen molar-refractivity contribution in [1.29, 1.82) is 0 Å². The van der Waals surface area contributed by atoms with Crippen molar-refractivity contribution in [2.45, 2.75) is 18.9 Å². The number of rotatable bonds is 8. The van der Waals surface area contributed by atoms with Gasteiger partial charge in [-0.1, -0.05) is 42.5 Å². The molecule has 0 spiro atoms. The van der Waals surface area contributed by atoms with Crippen LogP contribution in [0, 0.1) is 0 Å². The molecule has 26 heavy (non-hydrogen) atoms. The Morgan fingerprint density at radius 3 is 2.42 bits per heavy atom. The van der Waals surface area contributed by atoms with E-state index in [4.69, 9.17) is 15.2 Å². The summed E-state index contributed by atoms with van der Waals surface area (Å²) in [7, 11) is 1.65. The number of hydrogen-bond acceptors (Lipinski definition) is 4. The lowest BCUT2D eigenvalue weighted by molar-refractivity contribution is 0.284. The van der Waals surface area contributed by atoms with Crippen molar-refractivity contribution < 1.29 is 9.47 Å². The number of aromatic nitrogens is 1. The first-order chi connectivity index (χ1) is 12.8. The Kier molecular flexibility index (Phi) is 6.23. The van der Waals surface area contributed by atoms with Gasteiger partial charge in [-0.2, -0.15) is 0 Å². The van der Waals surface area contributed by atoms with Crippen LogP contribution in [0.2, 0.25) is 0 Å². The Morgan fingerprint density at radius 1 is 0.923 bits per heavy atom. The molecule has 2 N–H and O–H groups in total. The van der Waals surface area contributed by atoms with E-state index in [0.717, 1.165) is 34.7 Å². The molecule has 1 aromatic heterocycles. The maximum Gasteiger partial charge on any atom is 0.161 e. The Labute approximate surface area is 154 Å². The van der Waals surface area contributed by atoms with Gasteiger partial charge < -0.3 is 15.2 Å². The highest BCUT2D eigenvalue weighted by atomic mass is 16.5. The molecular formula is C22H24N2O2. The predicted octanol–water partition coefficient (Wildman–Crippen LogP) is 3.95. The summed E-state index contributed by atoms with van der Waals surface area (Å²) in [5, 5.41) is 0. The smallest absolute Gasteiger partial charge is 0.161 e. The van der Waals surface area contributed by atoms with Crippen LogP contribution in [0.4, 0.5) is 0 Å².